The van der Waals surface area contributed by atoms with Gasteiger partial charge in [0.1, 0.15) is 24.4 Å². The van der Waals surface area contributed by atoms with Crippen molar-refractivity contribution in [3.8, 4) is 0 Å². The number of nitrogens with one attached hydrogen (secondary N) is 1. The largest absolute Gasteiger partial charge is 0.454 e. The van der Waals surface area contributed by atoms with Gasteiger partial charge in [0.15, 0.2) is 12.4 Å². The second kappa shape index (κ2) is 44.3. The molecule has 1 fully saturated rings. The Hall–Kier alpha value is -2.90. The molecule has 1 saturated heterocycles. The summed E-state index contributed by atoms with van der Waals surface area (Å²) in [4.78, 5) is 26.3. The normalized spacial score (nSPS) is 20.6. The Kier molecular flexibility index (Phi) is 41.1. The zero-order valence-corrected chi connectivity index (χ0v) is 42.2. The molecule has 0 aromatic heterocycles. The number of rotatable bonds is 43. The first-order chi connectivity index (χ1) is 32.7. The SMILES string of the molecule is CC/C=C/C=C/C=C\CCCCCCCC(=O)OC1C(OCC(NC(=O)C(O)C/C=C/C/C=C\CCCCCCCC)C(O)/C=C/CCCCCCCCCCCCC)OC(CO)C(O)C1O. The third-order valence-corrected chi connectivity index (χ3v) is 12.2. The van der Waals surface area contributed by atoms with E-state index in [9.17, 15) is 35.1 Å². The van der Waals surface area contributed by atoms with Crippen molar-refractivity contribution in [3.05, 3.63) is 72.9 Å². The number of aliphatic hydroxyl groups is 5. The predicted molar refractivity (Wildman–Crippen MR) is 273 cm³/mol. The monoisotopic (exact) mass is 944 g/mol. The minimum atomic E-state index is -1.63. The molecule has 0 spiro atoms. The molecule has 0 radical (unpaired) electrons. The number of amides is 1. The van der Waals surface area contributed by atoms with Crippen LogP contribution in [0.1, 0.15) is 207 Å². The first-order valence-corrected chi connectivity index (χ1v) is 26.7. The van der Waals surface area contributed by atoms with Crippen molar-refractivity contribution in [2.24, 2.45) is 0 Å². The number of carbonyl (C=O) groups excluding carboxylic acids is 2. The van der Waals surface area contributed by atoms with E-state index in [0.29, 0.717) is 12.8 Å². The molecule has 1 heterocycles. The van der Waals surface area contributed by atoms with Crippen molar-refractivity contribution in [2.45, 2.75) is 256 Å². The smallest absolute Gasteiger partial charge is 0.306 e. The molecule has 386 valence electrons. The van der Waals surface area contributed by atoms with Crippen LogP contribution in [0.2, 0.25) is 0 Å². The van der Waals surface area contributed by atoms with Crippen LogP contribution in [-0.2, 0) is 23.8 Å². The maximum Gasteiger partial charge on any atom is 0.306 e. The highest BCUT2D eigenvalue weighted by atomic mass is 16.7. The van der Waals surface area contributed by atoms with E-state index in [1.165, 1.54) is 89.9 Å². The first kappa shape index (κ1) is 62.1. The second-order valence-electron chi connectivity index (χ2n) is 18.3. The summed E-state index contributed by atoms with van der Waals surface area (Å²) in [5.41, 5.74) is 0. The molecule has 6 N–H and O–H groups in total. The number of esters is 1. The van der Waals surface area contributed by atoms with Gasteiger partial charge in [-0.25, -0.2) is 0 Å². The van der Waals surface area contributed by atoms with E-state index in [4.69, 9.17) is 14.2 Å². The van der Waals surface area contributed by atoms with Gasteiger partial charge in [0.05, 0.1) is 25.4 Å². The van der Waals surface area contributed by atoms with Crippen molar-refractivity contribution >= 4 is 11.9 Å². The standard InChI is InChI=1S/C56H97NO10/c1-4-7-10-13-16-19-22-25-28-30-33-36-39-42-48(59)47(57-55(64)49(60)43-40-37-34-31-27-24-21-18-15-12-9-6-3)46-65-56-54(53(63)52(62)50(45-58)66-56)67-51(61)44-41-38-35-32-29-26-23-20-17-14-11-8-5-2/h8,11,14,17,20,23,27,31,37,39-40,42,47-50,52-54,56,58-60,62-63H,4-7,9-10,12-13,15-16,18-19,21-22,24-26,28-30,32-36,38,41,43-46H2,1-3H3,(H,57,64)/b11-8+,17-14+,23-20-,31-27-,40-37+,42-39+. The van der Waals surface area contributed by atoms with E-state index in [1.54, 1.807) is 12.2 Å². The molecular formula is C56H97NO10. The summed E-state index contributed by atoms with van der Waals surface area (Å²) in [7, 11) is 0. The van der Waals surface area contributed by atoms with Crippen LogP contribution in [0.5, 0.6) is 0 Å². The fourth-order valence-corrected chi connectivity index (χ4v) is 7.87. The minimum Gasteiger partial charge on any atom is -0.454 e. The van der Waals surface area contributed by atoms with Gasteiger partial charge in [0, 0.05) is 12.8 Å². The molecule has 1 aliphatic rings. The van der Waals surface area contributed by atoms with Crippen LogP contribution in [0, 0.1) is 0 Å². The molecule has 1 rings (SSSR count). The van der Waals surface area contributed by atoms with E-state index in [-0.39, 0.29) is 19.4 Å². The molecule has 0 saturated carbocycles. The summed E-state index contributed by atoms with van der Waals surface area (Å²) in [5, 5.41) is 56.5. The van der Waals surface area contributed by atoms with Gasteiger partial charge in [-0.15, -0.1) is 0 Å². The number of carbonyl (C=O) groups is 2. The summed E-state index contributed by atoms with van der Waals surface area (Å²) < 4.78 is 17.5. The molecule has 0 aliphatic carbocycles. The quantitative estimate of drug-likeness (QED) is 0.0149. The van der Waals surface area contributed by atoms with E-state index in [2.05, 4.69) is 56.5 Å². The second-order valence-corrected chi connectivity index (χ2v) is 18.3. The van der Waals surface area contributed by atoms with Crippen LogP contribution in [0.15, 0.2) is 72.9 Å². The molecule has 11 nitrogen and oxygen atoms in total. The van der Waals surface area contributed by atoms with Crippen LogP contribution in [0.3, 0.4) is 0 Å². The Morgan fingerprint density at radius 2 is 1.13 bits per heavy atom. The lowest BCUT2D eigenvalue weighted by molar-refractivity contribution is -0.305. The van der Waals surface area contributed by atoms with Crippen LogP contribution in [0.25, 0.3) is 0 Å². The molecule has 0 aromatic carbocycles. The average Bonchev–Trinajstić information content (AvgIpc) is 3.32. The van der Waals surface area contributed by atoms with Gasteiger partial charge >= 0.3 is 5.97 Å². The molecule has 8 atom stereocenters. The molecule has 1 aliphatic heterocycles. The van der Waals surface area contributed by atoms with Gasteiger partial charge in [0.25, 0.3) is 0 Å². The zero-order valence-electron chi connectivity index (χ0n) is 42.2. The molecule has 0 aromatic rings. The molecule has 0 bridgehead atoms. The van der Waals surface area contributed by atoms with E-state index in [1.807, 2.05) is 30.4 Å². The fraction of sp³-hybridized carbons (Fsp3) is 0.750. The Morgan fingerprint density at radius 3 is 1.72 bits per heavy atom. The maximum absolute atomic E-state index is 13.3. The lowest BCUT2D eigenvalue weighted by atomic mass is 9.99. The molecule has 67 heavy (non-hydrogen) atoms. The van der Waals surface area contributed by atoms with Gasteiger partial charge in [-0.2, -0.15) is 0 Å². The van der Waals surface area contributed by atoms with Crippen molar-refractivity contribution in [3.63, 3.8) is 0 Å². The summed E-state index contributed by atoms with van der Waals surface area (Å²) in [6, 6.07) is -1.06. The number of hydrogen-bond donors (Lipinski definition) is 6. The summed E-state index contributed by atoms with van der Waals surface area (Å²) in [6.07, 6.45) is 44.0. The summed E-state index contributed by atoms with van der Waals surface area (Å²) >= 11 is 0. The number of aliphatic hydroxyl groups excluding tert-OH is 5. The highest BCUT2D eigenvalue weighted by Gasteiger charge is 2.47. The van der Waals surface area contributed by atoms with Gasteiger partial charge in [-0.05, 0) is 57.8 Å². The van der Waals surface area contributed by atoms with Crippen LogP contribution < -0.4 is 5.32 Å². The van der Waals surface area contributed by atoms with Gasteiger partial charge in [0.2, 0.25) is 5.91 Å². The van der Waals surface area contributed by atoms with Crippen molar-refractivity contribution in [2.75, 3.05) is 13.2 Å². The molecule has 11 heteroatoms. The van der Waals surface area contributed by atoms with Gasteiger partial charge < -0.3 is 45.1 Å². The molecule has 1 amide bonds. The Labute approximate surface area is 407 Å². The van der Waals surface area contributed by atoms with E-state index >= 15 is 0 Å². The average molecular weight is 944 g/mol. The Bertz CT molecular complexity index is 1360. The van der Waals surface area contributed by atoms with Crippen LogP contribution in [-0.4, -0.2) is 99.6 Å². The number of ether oxygens (including phenoxy) is 3. The lowest BCUT2D eigenvalue weighted by Gasteiger charge is -2.41. The van der Waals surface area contributed by atoms with E-state index < -0.39 is 67.4 Å². The first-order valence-electron chi connectivity index (χ1n) is 26.7. The zero-order chi connectivity index (χ0) is 49.0. The topological polar surface area (TPSA) is 175 Å². The number of unbranched alkanes of at least 4 members (excludes halogenated alkanes) is 22. The highest BCUT2D eigenvalue weighted by molar-refractivity contribution is 5.81. The van der Waals surface area contributed by atoms with Crippen molar-refractivity contribution in [1.29, 1.82) is 0 Å². The summed E-state index contributed by atoms with van der Waals surface area (Å²) in [6.45, 7) is 5.56. The Balaban J connectivity index is 2.83. The third-order valence-electron chi connectivity index (χ3n) is 12.2. The lowest BCUT2D eigenvalue weighted by Crippen LogP contribution is -2.61. The maximum atomic E-state index is 13.3. The van der Waals surface area contributed by atoms with Crippen LogP contribution >= 0.6 is 0 Å². The highest BCUT2D eigenvalue weighted by Crippen LogP contribution is 2.26. The van der Waals surface area contributed by atoms with Gasteiger partial charge in [-0.1, -0.05) is 209 Å². The number of allylic oxidation sites excluding steroid dienone is 10. The summed E-state index contributed by atoms with van der Waals surface area (Å²) in [5.74, 6) is -1.29. The molecular weight excluding hydrogens is 847 g/mol. The van der Waals surface area contributed by atoms with Gasteiger partial charge in [-0.3, -0.25) is 9.59 Å². The fourth-order valence-electron chi connectivity index (χ4n) is 7.87. The minimum absolute atomic E-state index is 0.0775. The predicted octanol–water partition coefficient (Wildman–Crippen LogP) is 11.3. The van der Waals surface area contributed by atoms with E-state index in [0.717, 1.165) is 70.6 Å². The molecule has 8 unspecified atom stereocenters. The van der Waals surface area contributed by atoms with Crippen molar-refractivity contribution < 1.29 is 49.3 Å². The number of hydrogen-bond acceptors (Lipinski definition) is 10. The van der Waals surface area contributed by atoms with Crippen LogP contribution in [0.4, 0.5) is 0 Å². The third kappa shape index (κ3) is 33.3. The Morgan fingerprint density at radius 1 is 0.612 bits per heavy atom. The van der Waals surface area contributed by atoms with Crippen molar-refractivity contribution in [1.82, 2.24) is 5.32 Å².